The Morgan fingerprint density at radius 3 is 2.95 bits per heavy atom. The van der Waals surface area contributed by atoms with Crippen LogP contribution in [0, 0.1) is 5.82 Å². The number of thioether (sulfide) groups is 1. The number of pyridine rings is 1. The lowest BCUT2D eigenvalue weighted by Crippen LogP contribution is -2.03. The van der Waals surface area contributed by atoms with Gasteiger partial charge in [-0.2, -0.15) is 0 Å². The quantitative estimate of drug-likeness (QED) is 0.664. The van der Waals surface area contributed by atoms with E-state index in [1.165, 1.54) is 42.2 Å². The molecule has 1 heterocycles. The Labute approximate surface area is 113 Å². The first kappa shape index (κ1) is 13.4. The summed E-state index contributed by atoms with van der Waals surface area (Å²) in [5.41, 5.74) is 6.76. The predicted octanol–water partition coefficient (Wildman–Crippen LogP) is 2.79. The fourth-order valence-electron chi connectivity index (χ4n) is 1.53. The Morgan fingerprint density at radius 2 is 2.21 bits per heavy atom. The molecule has 0 amide bonds. The van der Waals surface area contributed by atoms with Gasteiger partial charge in [0.15, 0.2) is 0 Å². The van der Waals surface area contributed by atoms with E-state index in [0.29, 0.717) is 22.0 Å². The van der Waals surface area contributed by atoms with E-state index in [-0.39, 0.29) is 11.4 Å². The van der Waals surface area contributed by atoms with Crippen molar-refractivity contribution in [3.63, 3.8) is 0 Å². The average Bonchev–Trinajstić information content (AvgIpc) is 2.40. The number of aromatic nitrogens is 1. The number of hydrogen-bond donors (Lipinski definition) is 2. The maximum absolute atomic E-state index is 13.1. The Morgan fingerprint density at radius 1 is 1.42 bits per heavy atom. The highest BCUT2D eigenvalue weighted by molar-refractivity contribution is 7.98. The molecule has 0 aliphatic heterocycles. The summed E-state index contributed by atoms with van der Waals surface area (Å²) in [6.07, 6.45) is 1.53. The van der Waals surface area contributed by atoms with Crippen molar-refractivity contribution in [1.29, 1.82) is 0 Å². The number of carbonyl (C=O) groups is 1. The van der Waals surface area contributed by atoms with Crippen molar-refractivity contribution in [3.05, 3.63) is 53.6 Å². The number of carboxylic acids is 1. The minimum absolute atomic E-state index is 0.143. The third-order valence-electron chi connectivity index (χ3n) is 2.46. The molecule has 0 atom stereocenters. The second-order valence-electron chi connectivity index (χ2n) is 3.77. The predicted molar refractivity (Wildman–Crippen MR) is 71.6 cm³/mol. The van der Waals surface area contributed by atoms with Crippen molar-refractivity contribution in [2.75, 3.05) is 5.73 Å². The van der Waals surface area contributed by atoms with E-state index in [0.717, 1.165) is 0 Å². The molecule has 0 aliphatic rings. The van der Waals surface area contributed by atoms with Crippen LogP contribution in [0.4, 0.5) is 10.1 Å². The van der Waals surface area contributed by atoms with E-state index >= 15 is 0 Å². The van der Waals surface area contributed by atoms with E-state index < -0.39 is 5.97 Å². The molecule has 0 fully saturated rings. The molecule has 98 valence electrons. The fraction of sp³-hybridized carbons (Fsp3) is 0.0769. The van der Waals surface area contributed by atoms with Crippen LogP contribution in [0.15, 0.2) is 41.4 Å². The van der Waals surface area contributed by atoms with Gasteiger partial charge in [-0.1, -0.05) is 0 Å². The van der Waals surface area contributed by atoms with Gasteiger partial charge in [-0.25, -0.2) is 9.18 Å². The first-order valence-corrected chi connectivity index (χ1v) is 6.41. The zero-order chi connectivity index (χ0) is 13.8. The molecule has 0 aliphatic carbocycles. The fourth-order valence-corrected chi connectivity index (χ4v) is 2.48. The van der Waals surface area contributed by atoms with Gasteiger partial charge < -0.3 is 10.8 Å². The molecule has 2 rings (SSSR count). The van der Waals surface area contributed by atoms with E-state index in [1.54, 1.807) is 6.07 Å². The SMILES string of the molecule is Nc1ccc(F)cc1SCc1ncccc1C(=O)O. The molecule has 0 radical (unpaired) electrons. The number of nitrogens with two attached hydrogens (primary N) is 1. The molecule has 3 N–H and O–H groups in total. The van der Waals surface area contributed by atoms with Gasteiger partial charge in [-0.05, 0) is 30.3 Å². The number of rotatable bonds is 4. The molecule has 6 heteroatoms. The number of carboxylic acid groups (broad SMARTS) is 1. The van der Waals surface area contributed by atoms with Crippen LogP contribution in [0.3, 0.4) is 0 Å². The van der Waals surface area contributed by atoms with E-state index in [9.17, 15) is 9.18 Å². The highest BCUT2D eigenvalue weighted by Gasteiger charge is 2.11. The summed E-state index contributed by atoms with van der Waals surface area (Å²) in [6.45, 7) is 0. The number of nitrogens with zero attached hydrogens (tertiary/aromatic N) is 1. The summed E-state index contributed by atoms with van der Waals surface area (Å²) >= 11 is 1.26. The minimum Gasteiger partial charge on any atom is -0.478 e. The molecule has 2 aromatic rings. The largest absolute Gasteiger partial charge is 0.478 e. The van der Waals surface area contributed by atoms with Crippen molar-refractivity contribution >= 4 is 23.4 Å². The molecule has 4 nitrogen and oxygen atoms in total. The lowest BCUT2D eigenvalue weighted by molar-refractivity contribution is 0.0695. The monoisotopic (exact) mass is 278 g/mol. The van der Waals surface area contributed by atoms with Gasteiger partial charge in [0.05, 0.1) is 11.3 Å². The summed E-state index contributed by atoms with van der Waals surface area (Å²) in [7, 11) is 0. The second-order valence-corrected chi connectivity index (χ2v) is 4.79. The van der Waals surface area contributed by atoms with Crippen LogP contribution in [-0.2, 0) is 5.75 Å². The summed E-state index contributed by atoms with van der Waals surface area (Å²) in [5.74, 6) is -1.09. The first-order chi connectivity index (χ1) is 9.08. The number of nitrogen functional groups attached to an aromatic ring is 1. The molecule has 19 heavy (non-hydrogen) atoms. The lowest BCUT2D eigenvalue weighted by Gasteiger charge is -2.07. The van der Waals surface area contributed by atoms with Crippen LogP contribution in [0.1, 0.15) is 16.1 Å². The van der Waals surface area contributed by atoms with Crippen LogP contribution in [0.5, 0.6) is 0 Å². The molecular formula is C13H11FN2O2S. The van der Waals surface area contributed by atoms with E-state index in [1.807, 2.05) is 0 Å². The molecule has 0 saturated heterocycles. The normalized spacial score (nSPS) is 10.4. The second kappa shape index (κ2) is 5.71. The van der Waals surface area contributed by atoms with Gasteiger partial charge in [0, 0.05) is 22.5 Å². The van der Waals surface area contributed by atoms with Crippen molar-refractivity contribution < 1.29 is 14.3 Å². The van der Waals surface area contributed by atoms with Crippen LogP contribution < -0.4 is 5.73 Å². The molecule has 1 aromatic carbocycles. The summed E-state index contributed by atoms with van der Waals surface area (Å²) in [5, 5.41) is 9.03. The Kier molecular flexibility index (Phi) is 4.01. The highest BCUT2D eigenvalue weighted by atomic mass is 32.2. The topological polar surface area (TPSA) is 76.2 Å². The van der Waals surface area contributed by atoms with Crippen molar-refractivity contribution in [3.8, 4) is 0 Å². The van der Waals surface area contributed by atoms with Crippen molar-refractivity contribution in [1.82, 2.24) is 4.98 Å². The van der Waals surface area contributed by atoms with Gasteiger partial charge in [0.25, 0.3) is 0 Å². The minimum atomic E-state index is -1.03. The summed E-state index contributed by atoms with van der Waals surface area (Å²) in [4.78, 5) is 15.6. The lowest BCUT2D eigenvalue weighted by atomic mass is 10.2. The molecular weight excluding hydrogens is 267 g/mol. The molecule has 1 aromatic heterocycles. The zero-order valence-corrected chi connectivity index (χ0v) is 10.7. The number of hydrogen-bond acceptors (Lipinski definition) is 4. The number of benzene rings is 1. The first-order valence-electron chi connectivity index (χ1n) is 5.43. The molecule has 0 bridgehead atoms. The molecule has 0 saturated carbocycles. The Hall–Kier alpha value is -2.08. The van der Waals surface area contributed by atoms with Gasteiger partial charge in [0.2, 0.25) is 0 Å². The Bertz CT molecular complexity index is 619. The summed E-state index contributed by atoms with van der Waals surface area (Å²) < 4.78 is 13.1. The number of aromatic carboxylic acids is 1. The molecule has 0 spiro atoms. The smallest absolute Gasteiger partial charge is 0.337 e. The maximum Gasteiger partial charge on any atom is 0.337 e. The average molecular weight is 278 g/mol. The third kappa shape index (κ3) is 3.23. The number of halogens is 1. The molecule has 0 unspecified atom stereocenters. The van der Waals surface area contributed by atoms with Crippen LogP contribution in [0.2, 0.25) is 0 Å². The van der Waals surface area contributed by atoms with Crippen molar-refractivity contribution in [2.45, 2.75) is 10.6 Å². The van der Waals surface area contributed by atoms with Crippen molar-refractivity contribution in [2.24, 2.45) is 0 Å². The van der Waals surface area contributed by atoms with Gasteiger partial charge in [0.1, 0.15) is 5.82 Å². The van der Waals surface area contributed by atoms with Gasteiger partial charge >= 0.3 is 5.97 Å². The maximum atomic E-state index is 13.1. The van der Waals surface area contributed by atoms with Gasteiger partial charge in [-0.3, -0.25) is 4.98 Å². The van der Waals surface area contributed by atoms with Crippen LogP contribution in [-0.4, -0.2) is 16.1 Å². The van der Waals surface area contributed by atoms with Crippen LogP contribution in [0.25, 0.3) is 0 Å². The van der Waals surface area contributed by atoms with E-state index in [4.69, 9.17) is 10.8 Å². The van der Waals surface area contributed by atoms with Crippen LogP contribution >= 0.6 is 11.8 Å². The number of anilines is 1. The third-order valence-corrected chi connectivity index (χ3v) is 3.54. The standard InChI is InChI=1S/C13H11FN2O2S/c14-8-3-4-10(15)12(6-8)19-7-11-9(13(17)18)2-1-5-16-11/h1-6H,7,15H2,(H,17,18). The highest BCUT2D eigenvalue weighted by Crippen LogP contribution is 2.29. The zero-order valence-electron chi connectivity index (χ0n) is 9.84. The Balaban J connectivity index is 2.19. The van der Waals surface area contributed by atoms with Gasteiger partial charge in [-0.15, -0.1) is 11.8 Å². The van der Waals surface area contributed by atoms with E-state index in [2.05, 4.69) is 4.98 Å². The summed E-state index contributed by atoms with van der Waals surface area (Å²) in [6, 6.07) is 7.13.